The fraction of sp³-hybridized carbons (Fsp3) is 0.391. The van der Waals surface area contributed by atoms with Gasteiger partial charge in [-0.25, -0.2) is 8.42 Å². The van der Waals surface area contributed by atoms with Gasteiger partial charge in [0.15, 0.2) is 18.1 Å². The van der Waals surface area contributed by atoms with Gasteiger partial charge in [0.2, 0.25) is 10.0 Å². The number of nitrogens with one attached hydrogen (secondary N) is 2. The van der Waals surface area contributed by atoms with Crippen LogP contribution in [-0.2, 0) is 24.3 Å². The van der Waals surface area contributed by atoms with Crippen LogP contribution in [0.3, 0.4) is 0 Å². The van der Waals surface area contributed by atoms with Crippen molar-refractivity contribution in [1.29, 1.82) is 0 Å². The molecule has 0 aromatic heterocycles. The number of anilines is 1. The predicted octanol–water partition coefficient (Wildman–Crippen LogP) is 2.44. The summed E-state index contributed by atoms with van der Waals surface area (Å²) >= 11 is 1.45. The minimum atomic E-state index is -4.07. The number of hydrogen-bond donors (Lipinski definition) is 2. The molecule has 0 saturated heterocycles. The van der Waals surface area contributed by atoms with Crippen molar-refractivity contribution in [2.24, 2.45) is 0 Å². The number of benzene rings is 2. The van der Waals surface area contributed by atoms with E-state index in [4.69, 9.17) is 18.9 Å². The number of thioether (sulfide) groups is 1. The molecule has 0 spiro atoms. The SMILES string of the molecule is CCOc1ccc(NC(=O)COC(=O)[C@H](CCSC)NS(=O)(=O)c2ccc3c(c2)OCCO3)cc1. The van der Waals surface area contributed by atoms with Gasteiger partial charge < -0.3 is 24.3 Å². The van der Waals surface area contributed by atoms with E-state index in [9.17, 15) is 18.0 Å². The minimum absolute atomic E-state index is 0.0723. The van der Waals surface area contributed by atoms with Gasteiger partial charge >= 0.3 is 5.97 Å². The molecule has 0 radical (unpaired) electrons. The molecule has 0 bridgehead atoms. The van der Waals surface area contributed by atoms with Crippen LogP contribution in [0, 0.1) is 0 Å². The molecule has 1 atom stereocenters. The molecule has 0 fully saturated rings. The Labute approximate surface area is 208 Å². The van der Waals surface area contributed by atoms with E-state index in [1.165, 1.54) is 30.0 Å². The summed E-state index contributed by atoms with van der Waals surface area (Å²) in [6.07, 6.45) is 2.02. The summed E-state index contributed by atoms with van der Waals surface area (Å²) in [7, 11) is -4.07. The fourth-order valence-corrected chi connectivity index (χ4v) is 4.85. The van der Waals surface area contributed by atoms with Crippen LogP contribution in [0.5, 0.6) is 17.2 Å². The van der Waals surface area contributed by atoms with E-state index in [0.717, 1.165) is 0 Å². The second-order valence-corrected chi connectivity index (χ2v) is 10.1. The van der Waals surface area contributed by atoms with E-state index in [2.05, 4.69) is 10.0 Å². The van der Waals surface area contributed by atoms with Crippen LogP contribution >= 0.6 is 11.8 Å². The summed E-state index contributed by atoms with van der Waals surface area (Å²) in [4.78, 5) is 24.8. The number of hydrogen-bond acceptors (Lipinski definition) is 9. The number of amides is 1. The largest absolute Gasteiger partial charge is 0.494 e. The summed E-state index contributed by atoms with van der Waals surface area (Å²) in [6, 6.07) is 9.78. The Morgan fingerprint density at radius 2 is 1.80 bits per heavy atom. The molecule has 0 unspecified atom stereocenters. The molecule has 0 aliphatic carbocycles. The second-order valence-electron chi connectivity index (χ2n) is 7.37. The molecule has 1 heterocycles. The van der Waals surface area contributed by atoms with Crippen molar-refractivity contribution in [2.75, 3.05) is 43.8 Å². The Bertz CT molecular complexity index is 1120. The Balaban J connectivity index is 1.60. The second kappa shape index (κ2) is 12.7. The zero-order valence-electron chi connectivity index (χ0n) is 19.4. The zero-order valence-corrected chi connectivity index (χ0v) is 21.1. The molecule has 2 aromatic carbocycles. The van der Waals surface area contributed by atoms with Crippen molar-refractivity contribution >= 4 is 39.3 Å². The van der Waals surface area contributed by atoms with Gasteiger partial charge in [-0.05, 0) is 61.8 Å². The van der Waals surface area contributed by atoms with Crippen LogP contribution in [0.1, 0.15) is 13.3 Å². The lowest BCUT2D eigenvalue weighted by molar-refractivity contribution is -0.149. The summed E-state index contributed by atoms with van der Waals surface area (Å²) < 4.78 is 49.6. The predicted molar refractivity (Wildman–Crippen MR) is 132 cm³/mol. The monoisotopic (exact) mass is 524 g/mol. The van der Waals surface area contributed by atoms with E-state index in [1.807, 2.05) is 13.2 Å². The summed E-state index contributed by atoms with van der Waals surface area (Å²) in [5, 5.41) is 2.61. The molecule has 1 amide bonds. The van der Waals surface area contributed by atoms with Crippen LogP contribution in [0.2, 0.25) is 0 Å². The smallest absolute Gasteiger partial charge is 0.324 e. The molecule has 12 heteroatoms. The first kappa shape index (κ1) is 26.6. The maximum Gasteiger partial charge on any atom is 0.324 e. The number of fused-ring (bicyclic) bond motifs is 1. The molecule has 2 N–H and O–H groups in total. The number of esters is 1. The first-order chi connectivity index (χ1) is 16.8. The van der Waals surface area contributed by atoms with Gasteiger partial charge in [-0.15, -0.1) is 0 Å². The van der Waals surface area contributed by atoms with Gasteiger partial charge in [-0.1, -0.05) is 0 Å². The van der Waals surface area contributed by atoms with Crippen LogP contribution < -0.4 is 24.2 Å². The lowest BCUT2D eigenvalue weighted by Gasteiger charge is -2.20. The molecule has 2 aromatic rings. The van der Waals surface area contributed by atoms with Gasteiger partial charge in [0.25, 0.3) is 5.91 Å². The van der Waals surface area contributed by atoms with Gasteiger partial charge in [0.05, 0.1) is 11.5 Å². The maximum atomic E-state index is 12.9. The summed E-state index contributed by atoms with van der Waals surface area (Å²) in [6.45, 7) is 2.52. The quantitative estimate of drug-likeness (QED) is 0.402. The van der Waals surface area contributed by atoms with Crippen molar-refractivity contribution in [3.8, 4) is 17.2 Å². The Kier molecular flexibility index (Phi) is 9.64. The van der Waals surface area contributed by atoms with Crippen molar-refractivity contribution in [2.45, 2.75) is 24.3 Å². The fourth-order valence-electron chi connectivity index (χ4n) is 3.14. The molecule has 0 saturated carbocycles. The first-order valence-electron chi connectivity index (χ1n) is 10.9. The average molecular weight is 525 g/mol. The molecule has 10 nitrogen and oxygen atoms in total. The van der Waals surface area contributed by atoms with E-state index < -0.39 is 34.5 Å². The molecule has 35 heavy (non-hydrogen) atoms. The normalized spacial score (nSPS) is 13.5. The Morgan fingerprint density at radius 1 is 1.09 bits per heavy atom. The lowest BCUT2D eigenvalue weighted by Crippen LogP contribution is -2.43. The van der Waals surface area contributed by atoms with E-state index >= 15 is 0 Å². The van der Waals surface area contributed by atoms with E-state index in [0.29, 0.717) is 48.5 Å². The zero-order chi connectivity index (χ0) is 25.3. The lowest BCUT2D eigenvalue weighted by atomic mass is 10.2. The maximum absolute atomic E-state index is 12.9. The highest BCUT2D eigenvalue weighted by molar-refractivity contribution is 7.98. The number of carbonyl (C=O) groups is 2. The third-order valence-corrected chi connectivity index (χ3v) is 6.92. The molecular formula is C23H28N2O8S2. The van der Waals surface area contributed by atoms with Gasteiger partial charge in [0, 0.05) is 11.8 Å². The van der Waals surface area contributed by atoms with Gasteiger partial charge in [-0.2, -0.15) is 16.5 Å². The topological polar surface area (TPSA) is 129 Å². The Morgan fingerprint density at radius 3 is 2.49 bits per heavy atom. The summed E-state index contributed by atoms with van der Waals surface area (Å²) in [5.41, 5.74) is 0.507. The molecule has 190 valence electrons. The van der Waals surface area contributed by atoms with Crippen LogP contribution in [-0.4, -0.2) is 64.8 Å². The highest BCUT2D eigenvalue weighted by atomic mass is 32.2. The Hall–Kier alpha value is -2.96. The van der Waals surface area contributed by atoms with Crippen molar-refractivity contribution in [3.05, 3.63) is 42.5 Å². The minimum Gasteiger partial charge on any atom is -0.494 e. The van der Waals surface area contributed by atoms with Crippen molar-refractivity contribution < 1.29 is 37.0 Å². The van der Waals surface area contributed by atoms with Gasteiger partial charge in [0.1, 0.15) is 25.0 Å². The van der Waals surface area contributed by atoms with E-state index in [1.54, 1.807) is 24.3 Å². The highest BCUT2D eigenvalue weighted by Gasteiger charge is 2.28. The molecule has 3 rings (SSSR count). The molecule has 1 aliphatic rings. The van der Waals surface area contributed by atoms with Crippen molar-refractivity contribution in [1.82, 2.24) is 4.72 Å². The van der Waals surface area contributed by atoms with Crippen molar-refractivity contribution in [3.63, 3.8) is 0 Å². The number of sulfonamides is 1. The number of carbonyl (C=O) groups excluding carboxylic acids is 2. The van der Waals surface area contributed by atoms with E-state index in [-0.39, 0.29) is 11.3 Å². The molecule has 1 aliphatic heterocycles. The van der Waals surface area contributed by atoms with Crippen LogP contribution in [0.25, 0.3) is 0 Å². The van der Waals surface area contributed by atoms with Gasteiger partial charge in [-0.3, -0.25) is 9.59 Å². The highest BCUT2D eigenvalue weighted by Crippen LogP contribution is 2.32. The number of ether oxygens (including phenoxy) is 4. The van der Waals surface area contributed by atoms with Crippen LogP contribution in [0.15, 0.2) is 47.4 Å². The first-order valence-corrected chi connectivity index (χ1v) is 13.8. The average Bonchev–Trinajstić information content (AvgIpc) is 2.86. The summed E-state index contributed by atoms with van der Waals surface area (Å²) in [5.74, 6) is 0.532. The standard InChI is InChI=1S/C23H28N2O8S2/c1-3-30-17-6-4-16(5-7-17)24-22(26)15-33-23(27)19(10-13-34-2)25-35(28,29)18-8-9-20-21(14-18)32-12-11-31-20/h4-9,14,19,25H,3,10-13,15H2,1-2H3,(H,24,26)/t19-/m0/s1. The van der Waals surface area contributed by atoms with Crippen LogP contribution in [0.4, 0.5) is 5.69 Å². The third kappa shape index (κ3) is 7.77. The third-order valence-electron chi connectivity index (χ3n) is 4.81. The molecular weight excluding hydrogens is 496 g/mol. The number of rotatable bonds is 12.